The summed E-state index contributed by atoms with van der Waals surface area (Å²) in [6, 6.07) is 21.3. The first kappa shape index (κ1) is 31.1. The monoisotopic (exact) mass is 625 g/mol. The number of thiophene rings is 1. The molecule has 4 heterocycles. The topological polar surface area (TPSA) is 81.5 Å². The molecule has 0 fully saturated rings. The second-order valence-corrected chi connectivity index (χ2v) is 13.2. The fourth-order valence-corrected chi connectivity index (χ4v) is 8.43. The Hall–Kier alpha value is -4.94. The van der Waals surface area contributed by atoms with Crippen LogP contribution in [-0.4, -0.2) is 26.5 Å². The molecule has 5 nitrogen and oxygen atoms in total. The van der Waals surface area contributed by atoms with E-state index in [1.165, 1.54) is 0 Å². The zero-order valence-electron chi connectivity index (χ0n) is 27.2. The van der Waals surface area contributed by atoms with Gasteiger partial charge in [0.25, 0.3) is 0 Å². The van der Waals surface area contributed by atoms with Crippen LogP contribution < -0.4 is 0 Å². The second kappa shape index (κ2) is 12.1. The van der Waals surface area contributed by atoms with Crippen molar-refractivity contribution in [3.05, 3.63) is 151 Å². The van der Waals surface area contributed by atoms with Gasteiger partial charge in [-0.05, 0) is 92.8 Å². The van der Waals surface area contributed by atoms with Crippen molar-refractivity contribution in [2.24, 2.45) is 0 Å². The van der Waals surface area contributed by atoms with Crippen LogP contribution in [0.2, 0.25) is 0 Å². The maximum atomic E-state index is 12.7. The summed E-state index contributed by atoms with van der Waals surface area (Å²) in [5, 5.41) is 2.31. The highest BCUT2D eigenvalue weighted by molar-refractivity contribution is 7.13. The minimum Gasteiger partial charge on any atom is -0.361 e. The Morgan fingerprint density at radius 3 is 1.83 bits per heavy atom. The Labute approximate surface area is 274 Å². The third-order valence-electron chi connectivity index (χ3n) is 9.22. The normalized spacial score (nSPS) is 12.7. The number of carbonyl (C=O) groups excluding carboxylic acids is 2. The molecule has 232 valence electrons. The quantitative estimate of drug-likeness (QED) is 0.132. The Bertz CT molecular complexity index is 2130. The average molecular weight is 626 g/mol. The molecule has 0 aliphatic heterocycles. The molecule has 0 bridgehead atoms. The van der Waals surface area contributed by atoms with Crippen molar-refractivity contribution < 1.29 is 9.59 Å². The van der Waals surface area contributed by atoms with Crippen molar-refractivity contribution in [3.63, 3.8) is 0 Å². The standard InChI is InChI=1S/C40H39N3O2S/c1-9-27-20-34(46-33(27)10-2)38(40-22(4)36(26(8)45)24(6)42-40)32-19-18-31(43-32)37(39-21(3)35(25(7)44)23(5)41-39)30-17-13-15-28-14-11-12-16-29(28)30/h9-20,37-38,41-43H,1-2H2,3-8H3. The van der Waals surface area contributed by atoms with Crippen LogP contribution in [-0.2, 0) is 0 Å². The number of rotatable bonds is 10. The maximum Gasteiger partial charge on any atom is 0.161 e. The van der Waals surface area contributed by atoms with Gasteiger partial charge in [-0.1, -0.05) is 67.8 Å². The predicted molar refractivity (Wildman–Crippen MR) is 192 cm³/mol. The van der Waals surface area contributed by atoms with Crippen LogP contribution in [0.4, 0.5) is 0 Å². The molecule has 0 aliphatic carbocycles. The molecular weight excluding hydrogens is 587 g/mol. The molecule has 2 aromatic carbocycles. The largest absolute Gasteiger partial charge is 0.361 e. The highest BCUT2D eigenvalue weighted by Gasteiger charge is 2.31. The SMILES string of the molecule is C=Cc1cc(C(c2ccc(C(c3[nH]c(C)c(C(C)=O)c3C)c3cccc4ccccc34)[nH]2)c2[nH]c(C)c(C(C)=O)c2C)sc1C=C. The molecular formula is C40H39N3O2S. The van der Waals surface area contributed by atoms with Crippen LogP contribution in [0.3, 0.4) is 0 Å². The van der Waals surface area contributed by atoms with Crippen molar-refractivity contribution in [3.8, 4) is 0 Å². The van der Waals surface area contributed by atoms with Gasteiger partial charge in [0.2, 0.25) is 0 Å². The highest BCUT2D eigenvalue weighted by Crippen LogP contribution is 2.43. The van der Waals surface area contributed by atoms with Gasteiger partial charge in [0.15, 0.2) is 11.6 Å². The fourth-order valence-electron chi connectivity index (χ4n) is 7.28. The summed E-state index contributed by atoms with van der Waals surface area (Å²) in [5.74, 6) is -0.287. The number of aromatic amines is 3. The minimum absolute atomic E-state index is 0.0445. The van der Waals surface area contributed by atoms with Gasteiger partial charge in [-0.2, -0.15) is 0 Å². The van der Waals surface area contributed by atoms with E-state index in [0.29, 0.717) is 0 Å². The third kappa shape index (κ3) is 5.13. The average Bonchev–Trinajstić information content (AvgIpc) is 3.79. The van der Waals surface area contributed by atoms with Crippen molar-refractivity contribution >= 4 is 45.8 Å². The van der Waals surface area contributed by atoms with Crippen LogP contribution in [0.15, 0.2) is 73.8 Å². The van der Waals surface area contributed by atoms with E-state index < -0.39 is 0 Å². The zero-order chi connectivity index (χ0) is 32.9. The Kier molecular flexibility index (Phi) is 8.17. The van der Waals surface area contributed by atoms with E-state index >= 15 is 0 Å². The van der Waals surface area contributed by atoms with Gasteiger partial charge < -0.3 is 15.0 Å². The third-order valence-corrected chi connectivity index (χ3v) is 10.4. The first-order valence-electron chi connectivity index (χ1n) is 15.5. The maximum absolute atomic E-state index is 12.7. The van der Waals surface area contributed by atoms with E-state index in [2.05, 4.69) is 88.8 Å². The summed E-state index contributed by atoms with van der Waals surface area (Å²) in [6.07, 6.45) is 3.73. The molecule has 2 unspecified atom stereocenters. The molecule has 3 N–H and O–H groups in total. The van der Waals surface area contributed by atoms with Crippen LogP contribution >= 0.6 is 11.3 Å². The Balaban J connectivity index is 1.60. The van der Waals surface area contributed by atoms with Crippen LogP contribution in [0.1, 0.15) is 113 Å². The molecule has 0 saturated carbocycles. The van der Waals surface area contributed by atoms with E-state index in [1.807, 2.05) is 39.8 Å². The number of aryl methyl sites for hydroxylation is 2. The van der Waals surface area contributed by atoms with Crippen molar-refractivity contribution in [1.29, 1.82) is 0 Å². The molecule has 0 aliphatic rings. The smallest absolute Gasteiger partial charge is 0.161 e. The molecule has 6 aromatic rings. The highest BCUT2D eigenvalue weighted by atomic mass is 32.1. The summed E-state index contributed by atoms with van der Waals surface area (Å²) >= 11 is 1.68. The van der Waals surface area contributed by atoms with Gasteiger partial charge in [0.05, 0.1) is 11.8 Å². The van der Waals surface area contributed by atoms with Gasteiger partial charge in [-0.15, -0.1) is 11.3 Å². The zero-order valence-corrected chi connectivity index (χ0v) is 28.0. The van der Waals surface area contributed by atoms with Crippen LogP contribution in [0, 0.1) is 27.7 Å². The fraction of sp³-hybridized carbons (Fsp3) is 0.200. The second-order valence-electron chi connectivity index (χ2n) is 12.1. The molecule has 6 heteroatoms. The molecule has 0 saturated heterocycles. The van der Waals surface area contributed by atoms with Gasteiger partial charge in [-0.25, -0.2) is 0 Å². The lowest BCUT2D eigenvalue weighted by Crippen LogP contribution is -2.09. The number of H-pyrrole nitrogens is 3. The molecule has 46 heavy (non-hydrogen) atoms. The lowest BCUT2D eigenvalue weighted by molar-refractivity contribution is 0.100. The summed E-state index contributed by atoms with van der Waals surface area (Å²) in [6.45, 7) is 19.3. The minimum atomic E-state index is -0.192. The number of benzene rings is 2. The van der Waals surface area contributed by atoms with Gasteiger partial charge in [0.1, 0.15) is 0 Å². The molecule has 0 amide bonds. The number of nitrogens with one attached hydrogen (secondary N) is 3. The summed E-state index contributed by atoms with van der Waals surface area (Å²) in [5.41, 5.74) is 11.3. The van der Waals surface area contributed by atoms with Crippen molar-refractivity contribution in [2.75, 3.05) is 0 Å². The van der Waals surface area contributed by atoms with Crippen molar-refractivity contribution in [2.45, 2.75) is 53.4 Å². The Morgan fingerprint density at radius 1 is 0.717 bits per heavy atom. The van der Waals surface area contributed by atoms with Crippen LogP contribution in [0.5, 0.6) is 0 Å². The number of Topliss-reactive ketones (excluding diaryl/α,β-unsaturated/α-hetero) is 2. The lowest BCUT2D eigenvalue weighted by atomic mass is 9.86. The summed E-state index contributed by atoms with van der Waals surface area (Å²) in [4.78, 5) is 38.6. The molecule has 2 atom stereocenters. The van der Waals surface area contributed by atoms with Crippen molar-refractivity contribution in [1.82, 2.24) is 15.0 Å². The summed E-state index contributed by atoms with van der Waals surface area (Å²) in [7, 11) is 0. The predicted octanol–water partition coefficient (Wildman–Crippen LogP) is 10.2. The molecule has 0 spiro atoms. The lowest BCUT2D eigenvalue weighted by Gasteiger charge is -2.20. The number of carbonyl (C=O) groups is 2. The number of hydrogen-bond donors (Lipinski definition) is 3. The Morgan fingerprint density at radius 2 is 1.28 bits per heavy atom. The molecule has 0 radical (unpaired) electrons. The summed E-state index contributed by atoms with van der Waals surface area (Å²) < 4.78 is 0. The number of aromatic nitrogens is 3. The number of ketones is 2. The van der Waals surface area contributed by atoms with E-state index in [-0.39, 0.29) is 23.4 Å². The number of hydrogen-bond acceptors (Lipinski definition) is 3. The van der Waals surface area contributed by atoms with Gasteiger partial charge in [0, 0.05) is 55.0 Å². The first-order chi connectivity index (χ1) is 22.0. The van der Waals surface area contributed by atoms with E-state index in [1.54, 1.807) is 25.2 Å². The first-order valence-corrected chi connectivity index (χ1v) is 16.3. The van der Waals surface area contributed by atoms with Gasteiger partial charge >= 0.3 is 0 Å². The van der Waals surface area contributed by atoms with E-state index in [0.717, 1.165) is 88.1 Å². The van der Waals surface area contributed by atoms with E-state index in [4.69, 9.17) is 0 Å². The van der Waals surface area contributed by atoms with Gasteiger partial charge in [-0.3, -0.25) is 9.59 Å². The molecule has 6 rings (SSSR count). The number of fused-ring (bicyclic) bond motifs is 1. The van der Waals surface area contributed by atoms with E-state index in [9.17, 15) is 9.59 Å². The molecule has 4 aromatic heterocycles. The van der Waals surface area contributed by atoms with Crippen LogP contribution in [0.25, 0.3) is 22.9 Å².